The van der Waals surface area contributed by atoms with Crippen LogP contribution in [0.25, 0.3) is 0 Å². The monoisotopic (exact) mass is 625 g/mol. The van der Waals surface area contributed by atoms with Gasteiger partial charge < -0.3 is 19.8 Å². The molecule has 0 aromatic rings. The molecule has 0 aromatic carbocycles. The zero-order valence-corrected chi connectivity index (χ0v) is 26.4. The lowest BCUT2D eigenvalue weighted by Gasteiger charge is -2.40. The Morgan fingerprint density at radius 3 is 2.46 bits per heavy atom. The van der Waals surface area contributed by atoms with Gasteiger partial charge in [0.15, 0.2) is 0 Å². The summed E-state index contributed by atoms with van der Waals surface area (Å²) in [4.78, 5) is 48.5. The molecule has 0 aromatic heterocycles. The van der Waals surface area contributed by atoms with E-state index in [9.17, 15) is 19.5 Å². The van der Waals surface area contributed by atoms with Gasteiger partial charge in [0, 0.05) is 48.9 Å². The molecule has 3 saturated heterocycles. The van der Waals surface area contributed by atoms with E-state index in [2.05, 4.69) is 42.9 Å². The van der Waals surface area contributed by atoms with Gasteiger partial charge in [0.1, 0.15) is 6.04 Å². The van der Waals surface area contributed by atoms with E-state index in [1.54, 1.807) is 23.9 Å². The van der Waals surface area contributed by atoms with Crippen molar-refractivity contribution in [1.82, 2.24) is 14.7 Å². The topological polar surface area (TPSA) is 81.2 Å². The number of alkyl halides is 1. The summed E-state index contributed by atoms with van der Waals surface area (Å²) < 4.78 is -0.629. The number of carbonyl (C=O) groups excluding carboxylic acids is 3. The van der Waals surface area contributed by atoms with Crippen molar-refractivity contribution in [3.8, 4) is 0 Å². The summed E-state index contributed by atoms with van der Waals surface area (Å²) in [7, 11) is 0. The van der Waals surface area contributed by atoms with Crippen molar-refractivity contribution in [1.29, 1.82) is 0 Å². The molecule has 3 aliphatic heterocycles. The molecule has 39 heavy (non-hydrogen) atoms. The van der Waals surface area contributed by atoms with Crippen LogP contribution in [0.5, 0.6) is 0 Å². The number of carbonyl (C=O) groups is 3. The van der Waals surface area contributed by atoms with Gasteiger partial charge in [-0.1, -0.05) is 61.2 Å². The molecule has 3 aliphatic rings. The van der Waals surface area contributed by atoms with E-state index in [0.717, 1.165) is 44.9 Å². The molecule has 7 nitrogen and oxygen atoms in total. The van der Waals surface area contributed by atoms with Crippen molar-refractivity contribution in [3.63, 3.8) is 0 Å². The second kappa shape index (κ2) is 14.5. The lowest BCUT2D eigenvalue weighted by Crippen LogP contribution is -2.57. The van der Waals surface area contributed by atoms with Gasteiger partial charge in [-0.2, -0.15) is 0 Å². The highest BCUT2D eigenvalue weighted by atomic mass is 79.9. The van der Waals surface area contributed by atoms with Crippen molar-refractivity contribution in [3.05, 3.63) is 25.3 Å². The summed E-state index contributed by atoms with van der Waals surface area (Å²) in [5.74, 6) is -1.00. The second-order valence-electron chi connectivity index (χ2n) is 11.3. The maximum atomic E-state index is 14.5. The van der Waals surface area contributed by atoms with E-state index in [0.29, 0.717) is 32.6 Å². The Kier molecular flexibility index (Phi) is 12.0. The lowest BCUT2D eigenvalue weighted by molar-refractivity contribution is -0.145. The third kappa shape index (κ3) is 6.30. The van der Waals surface area contributed by atoms with E-state index >= 15 is 0 Å². The molecular weight excluding hydrogens is 578 g/mol. The standard InChI is InChI=1S/C30H48BrN3O4S/c1-6-14-21(5)33(17-9-4)29(38)26-30-20-22(31)25(39-30)23(27(36)32(15-7-2)16-8-3)24(30)28(37)34(26)18-12-10-11-13-19-35/h7,9,21-26,35H,2,4,6,8,10-20H2,1,3,5H3/t21?,22?,23-,24-,25-,26?,30?/m0/s1. The van der Waals surface area contributed by atoms with Crippen LogP contribution in [-0.2, 0) is 14.4 Å². The number of thioether (sulfide) groups is 1. The van der Waals surface area contributed by atoms with E-state index in [4.69, 9.17) is 0 Å². The predicted octanol–water partition coefficient (Wildman–Crippen LogP) is 4.63. The maximum absolute atomic E-state index is 14.5. The Balaban J connectivity index is 2.02. The third-order valence-electron chi connectivity index (χ3n) is 8.62. The molecule has 220 valence electrons. The van der Waals surface area contributed by atoms with E-state index in [-0.39, 0.29) is 40.4 Å². The van der Waals surface area contributed by atoms with Crippen LogP contribution in [0, 0.1) is 11.8 Å². The Labute approximate surface area is 247 Å². The van der Waals surface area contributed by atoms with Gasteiger partial charge >= 0.3 is 0 Å². The zero-order chi connectivity index (χ0) is 28.7. The van der Waals surface area contributed by atoms with Crippen molar-refractivity contribution in [2.45, 2.75) is 99.0 Å². The largest absolute Gasteiger partial charge is 0.396 e. The number of aliphatic hydroxyl groups excluding tert-OH is 1. The van der Waals surface area contributed by atoms with Gasteiger partial charge in [-0.05, 0) is 39.0 Å². The summed E-state index contributed by atoms with van der Waals surface area (Å²) >= 11 is 5.59. The molecule has 2 bridgehead atoms. The van der Waals surface area contributed by atoms with Crippen molar-refractivity contribution < 1.29 is 19.5 Å². The Morgan fingerprint density at radius 1 is 1.15 bits per heavy atom. The first-order valence-electron chi connectivity index (χ1n) is 14.8. The number of rotatable bonds is 17. The minimum atomic E-state index is -0.629. The smallest absolute Gasteiger partial charge is 0.247 e. The van der Waals surface area contributed by atoms with Crippen LogP contribution in [0.2, 0.25) is 0 Å². The number of fused-ring (bicyclic) bond motifs is 1. The van der Waals surface area contributed by atoms with Gasteiger partial charge in [0.2, 0.25) is 17.7 Å². The van der Waals surface area contributed by atoms with Crippen LogP contribution in [-0.4, -0.2) is 97.2 Å². The van der Waals surface area contributed by atoms with E-state index in [1.165, 1.54) is 0 Å². The highest BCUT2D eigenvalue weighted by Crippen LogP contribution is 2.68. The van der Waals surface area contributed by atoms with E-state index < -0.39 is 22.6 Å². The number of nitrogens with zero attached hydrogens (tertiary/aromatic N) is 3. The number of amides is 3. The first kappa shape index (κ1) is 32.2. The molecule has 0 saturated carbocycles. The number of hydrogen-bond donors (Lipinski definition) is 1. The minimum absolute atomic E-state index is 0.0110. The van der Waals surface area contributed by atoms with Gasteiger partial charge in [-0.25, -0.2) is 0 Å². The fraction of sp³-hybridized carbons (Fsp3) is 0.767. The summed E-state index contributed by atoms with van der Waals surface area (Å²) in [6, 6.07) is -0.565. The van der Waals surface area contributed by atoms with Gasteiger partial charge in [0.05, 0.1) is 16.6 Å². The summed E-state index contributed by atoms with van der Waals surface area (Å²) in [6.07, 6.45) is 10.2. The van der Waals surface area contributed by atoms with Gasteiger partial charge in [-0.15, -0.1) is 24.9 Å². The number of halogens is 1. The van der Waals surface area contributed by atoms with Gasteiger partial charge in [-0.3, -0.25) is 14.4 Å². The number of hydrogen-bond acceptors (Lipinski definition) is 5. The molecule has 3 fully saturated rings. The Morgan fingerprint density at radius 2 is 1.85 bits per heavy atom. The SMILES string of the molecule is C=CCN(CCC)C(=O)[C@H]1[C@H]2C(=O)N(CCCCCCO)C(C(=O)N(CC=C)C(C)CCC)C23CC(Br)[C@@H]1S3. The molecule has 4 unspecified atom stereocenters. The maximum Gasteiger partial charge on any atom is 0.247 e. The van der Waals surface area contributed by atoms with Crippen molar-refractivity contribution in [2.75, 3.05) is 32.8 Å². The average Bonchev–Trinajstić information content (AvgIpc) is 3.49. The van der Waals surface area contributed by atoms with Crippen molar-refractivity contribution >= 4 is 45.4 Å². The molecule has 3 heterocycles. The molecular formula is C30H48BrN3O4S. The first-order valence-corrected chi connectivity index (χ1v) is 16.6. The highest BCUT2D eigenvalue weighted by Gasteiger charge is 2.76. The fourth-order valence-corrected chi connectivity index (χ4v) is 10.6. The fourth-order valence-electron chi connectivity index (χ4n) is 6.96. The molecule has 0 radical (unpaired) electrons. The van der Waals surface area contributed by atoms with E-state index in [1.807, 2.05) is 21.6 Å². The Hall–Kier alpha value is -1.32. The highest BCUT2D eigenvalue weighted by molar-refractivity contribution is 9.09. The average molecular weight is 627 g/mol. The van der Waals surface area contributed by atoms with Crippen LogP contribution in [0.4, 0.5) is 0 Å². The Bertz CT molecular complexity index is 903. The molecule has 7 atom stereocenters. The third-order valence-corrected chi connectivity index (χ3v) is 11.8. The normalized spacial score (nSPS) is 29.8. The molecule has 1 spiro atoms. The minimum Gasteiger partial charge on any atom is -0.396 e. The summed E-state index contributed by atoms with van der Waals surface area (Å²) in [5.41, 5.74) is 0. The second-order valence-corrected chi connectivity index (χ2v) is 14.0. The summed E-state index contributed by atoms with van der Waals surface area (Å²) in [6.45, 7) is 16.2. The lowest BCUT2D eigenvalue weighted by atomic mass is 9.70. The van der Waals surface area contributed by atoms with Crippen LogP contribution < -0.4 is 0 Å². The number of aliphatic hydroxyl groups is 1. The van der Waals surface area contributed by atoms with Crippen LogP contribution >= 0.6 is 27.7 Å². The number of likely N-dealkylation sites (tertiary alicyclic amines) is 1. The van der Waals surface area contributed by atoms with Crippen LogP contribution in [0.15, 0.2) is 25.3 Å². The molecule has 9 heteroatoms. The predicted molar refractivity (Wildman–Crippen MR) is 163 cm³/mol. The van der Waals surface area contributed by atoms with Crippen LogP contribution in [0.3, 0.4) is 0 Å². The first-order chi connectivity index (χ1) is 18.7. The van der Waals surface area contributed by atoms with Crippen molar-refractivity contribution in [2.24, 2.45) is 11.8 Å². The molecule has 0 aliphatic carbocycles. The van der Waals surface area contributed by atoms with Crippen LogP contribution in [0.1, 0.15) is 72.1 Å². The molecule has 3 rings (SSSR count). The molecule has 3 amide bonds. The summed E-state index contributed by atoms with van der Waals surface area (Å²) in [5, 5.41) is 9.13. The van der Waals surface area contributed by atoms with Gasteiger partial charge in [0.25, 0.3) is 0 Å². The number of unbranched alkanes of at least 4 members (excludes halogenated alkanes) is 3. The zero-order valence-electron chi connectivity index (χ0n) is 24.0. The molecule has 1 N–H and O–H groups in total. The quantitative estimate of drug-likeness (QED) is 0.145.